The van der Waals surface area contributed by atoms with Gasteiger partial charge < -0.3 is 5.32 Å². The normalized spacial score (nSPS) is 44.8. The molecule has 0 amide bonds. The van der Waals surface area contributed by atoms with Crippen molar-refractivity contribution in [2.45, 2.75) is 77.8 Å². The van der Waals surface area contributed by atoms with E-state index in [1.807, 2.05) is 0 Å². The van der Waals surface area contributed by atoms with E-state index in [9.17, 15) is 0 Å². The molecule has 0 saturated heterocycles. The summed E-state index contributed by atoms with van der Waals surface area (Å²) in [5.41, 5.74) is 0. The third kappa shape index (κ3) is 2.80. The molecule has 0 radical (unpaired) electrons. The molecule has 0 aromatic heterocycles. The Bertz CT molecular complexity index is 205. The van der Waals surface area contributed by atoms with Crippen LogP contribution in [0.3, 0.4) is 0 Å². The van der Waals surface area contributed by atoms with Gasteiger partial charge in [0.1, 0.15) is 0 Å². The Morgan fingerprint density at radius 2 is 1.62 bits per heavy atom. The van der Waals surface area contributed by atoms with E-state index in [4.69, 9.17) is 0 Å². The molecule has 1 heteroatoms. The average molecular weight is 223 g/mol. The molecule has 16 heavy (non-hydrogen) atoms. The van der Waals surface area contributed by atoms with Crippen molar-refractivity contribution in [3.8, 4) is 0 Å². The zero-order valence-electron chi connectivity index (χ0n) is 11.3. The van der Waals surface area contributed by atoms with E-state index in [0.717, 1.165) is 29.8 Å². The average Bonchev–Trinajstić information content (AvgIpc) is 2.63. The minimum absolute atomic E-state index is 0.823. The van der Waals surface area contributed by atoms with Crippen LogP contribution in [0.5, 0.6) is 0 Å². The molecule has 2 saturated carbocycles. The molecule has 1 nitrogen and oxygen atoms in total. The van der Waals surface area contributed by atoms with Gasteiger partial charge in [-0.3, -0.25) is 0 Å². The second-order valence-electron chi connectivity index (χ2n) is 6.33. The first-order valence-corrected chi connectivity index (χ1v) is 7.46. The third-order valence-electron chi connectivity index (χ3n) is 5.22. The molecule has 2 aliphatic rings. The van der Waals surface area contributed by atoms with E-state index in [1.54, 1.807) is 0 Å². The van der Waals surface area contributed by atoms with E-state index < -0.39 is 0 Å². The van der Waals surface area contributed by atoms with Crippen molar-refractivity contribution < 1.29 is 0 Å². The Hall–Kier alpha value is -0.0400. The van der Waals surface area contributed by atoms with Crippen LogP contribution < -0.4 is 5.32 Å². The SMILES string of the molecule is CCC1CCC(NC2CCC(C)CC2)C1C. The second kappa shape index (κ2) is 5.53. The molecule has 1 N–H and O–H groups in total. The predicted octanol–water partition coefficient (Wildman–Crippen LogP) is 3.98. The predicted molar refractivity (Wildman–Crippen MR) is 70.5 cm³/mol. The van der Waals surface area contributed by atoms with Crippen molar-refractivity contribution in [1.82, 2.24) is 5.32 Å². The third-order valence-corrected chi connectivity index (χ3v) is 5.22. The number of rotatable bonds is 3. The molecule has 0 aromatic carbocycles. The lowest BCUT2D eigenvalue weighted by molar-refractivity contribution is 0.257. The Labute approximate surface area is 101 Å². The van der Waals surface area contributed by atoms with Crippen LogP contribution >= 0.6 is 0 Å². The van der Waals surface area contributed by atoms with Crippen molar-refractivity contribution in [3.05, 3.63) is 0 Å². The molecule has 0 aromatic rings. The van der Waals surface area contributed by atoms with Crippen LogP contribution in [-0.2, 0) is 0 Å². The molecule has 3 atom stereocenters. The van der Waals surface area contributed by atoms with Crippen LogP contribution in [0.4, 0.5) is 0 Å². The molecule has 2 rings (SSSR count). The summed E-state index contributed by atoms with van der Waals surface area (Å²) in [6.45, 7) is 7.22. The summed E-state index contributed by atoms with van der Waals surface area (Å²) >= 11 is 0. The molecule has 0 aliphatic heterocycles. The second-order valence-corrected chi connectivity index (χ2v) is 6.33. The topological polar surface area (TPSA) is 12.0 Å². The van der Waals surface area contributed by atoms with E-state index in [1.165, 1.54) is 44.9 Å². The largest absolute Gasteiger partial charge is 0.311 e. The Morgan fingerprint density at radius 1 is 0.938 bits per heavy atom. The summed E-state index contributed by atoms with van der Waals surface area (Å²) < 4.78 is 0. The van der Waals surface area contributed by atoms with Crippen molar-refractivity contribution in [2.75, 3.05) is 0 Å². The van der Waals surface area contributed by atoms with Crippen LogP contribution in [-0.4, -0.2) is 12.1 Å². The number of hydrogen-bond acceptors (Lipinski definition) is 1. The summed E-state index contributed by atoms with van der Waals surface area (Å²) in [6.07, 6.45) is 9.97. The number of nitrogens with one attached hydrogen (secondary N) is 1. The number of hydrogen-bond donors (Lipinski definition) is 1. The monoisotopic (exact) mass is 223 g/mol. The Kier molecular flexibility index (Phi) is 4.29. The van der Waals surface area contributed by atoms with Crippen LogP contribution in [0, 0.1) is 17.8 Å². The molecule has 94 valence electrons. The Morgan fingerprint density at radius 3 is 2.19 bits per heavy atom. The van der Waals surface area contributed by atoms with Gasteiger partial charge in [-0.2, -0.15) is 0 Å². The maximum atomic E-state index is 3.95. The molecule has 3 unspecified atom stereocenters. The van der Waals surface area contributed by atoms with Crippen molar-refractivity contribution in [1.29, 1.82) is 0 Å². The van der Waals surface area contributed by atoms with Gasteiger partial charge >= 0.3 is 0 Å². The van der Waals surface area contributed by atoms with Gasteiger partial charge in [0.25, 0.3) is 0 Å². The van der Waals surface area contributed by atoms with Crippen molar-refractivity contribution in [2.24, 2.45) is 17.8 Å². The molecular weight excluding hydrogens is 194 g/mol. The molecule has 0 heterocycles. The lowest BCUT2D eigenvalue weighted by Gasteiger charge is -2.31. The first kappa shape index (κ1) is 12.4. The van der Waals surface area contributed by atoms with E-state index in [2.05, 4.69) is 26.1 Å². The summed E-state index contributed by atoms with van der Waals surface area (Å²) in [4.78, 5) is 0. The molecule has 0 bridgehead atoms. The minimum atomic E-state index is 0.823. The van der Waals surface area contributed by atoms with E-state index in [-0.39, 0.29) is 0 Å². The molecule has 0 spiro atoms. The maximum Gasteiger partial charge on any atom is 0.00980 e. The van der Waals surface area contributed by atoms with Gasteiger partial charge in [-0.1, -0.05) is 27.2 Å². The first-order valence-electron chi connectivity index (χ1n) is 7.46. The van der Waals surface area contributed by atoms with Gasteiger partial charge in [-0.05, 0) is 56.3 Å². The fraction of sp³-hybridized carbons (Fsp3) is 1.00. The van der Waals surface area contributed by atoms with Crippen LogP contribution in [0.15, 0.2) is 0 Å². The highest BCUT2D eigenvalue weighted by atomic mass is 15.0. The Balaban J connectivity index is 1.77. The zero-order valence-corrected chi connectivity index (χ0v) is 11.3. The quantitative estimate of drug-likeness (QED) is 0.763. The fourth-order valence-corrected chi connectivity index (χ4v) is 3.79. The van der Waals surface area contributed by atoms with E-state index in [0.29, 0.717) is 0 Å². The lowest BCUT2D eigenvalue weighted by Crippen LogP contribution is -2.42. The summed E-state index contributed by atoms with van der Waals surface area (Å²) in [5.74, 6) is 2.87. The standard InChI is InChI=1S/C15H29N/c1-4-13-7-10-15(12(13)3)16-14-8-5-11(2)6-9-14/h11-16H,4-10H2,1-3H3. The van der Waals surface area contributed by atoms with Gasteiger partial charge in [0, 0.05) is 12.1 Å². The van der Waals surface area contributed by atoms with E-state index >= 15 is 0 Å². The molecule has 2 aliphatic carbocycles. The summed E-state index contributed by atoms with van der Waals surface area (Å²) in [6, 6.07) is 1.66. The smallest absolute Gasteiger partial charge is 0.00980 e. The van der Waals surface area contributed by atoms with Gasteiger partial charge in [-0.25, -0.2) is 0 Å². The van der Waals surface area contributed by atoms with Crippen molar-refractivity contribution in [3.63, 3.8) is 0 Å². The highest BCUT2D eigenvalue weighted by Crippen LogP contribution is 2.35. The van der Waals surface area contributed by atoms with Crippen molar-refractivity contribution >= 4 is 0 Å². The van der Waals surface area contributed by atoms with Gasteiger partial charge in [0.05, 0.1) is 0 Å². The van der Waals surface area contributed by atoms with Crippen LogP contribution in [0.2, 0.25) is 0 Å². The first-order chi connectivity index (χ1) is 7.70. The summed E-state index contributed by atoms with van der Waals surface area (Å²) in [5, 5.41) is 3.95. The highest BCUT2D eigenvalue weighted by Gasteiger charge is 2.33. The molecular formula is C15H29N. The maximum absolute atomic E-state index is 3.95. The molecule has 2 fully saturated rings. The minimum Gasteiger partial charge on any atom is -0.311 e. The summed E-state index contributed by atoms with van der Waals surface area (Å²) in [7, 11) is 0. The lowest BCUT2D eigenvalue weighted by atomic mass is 9.86. The van der Waals surface area contributed by atoms with Gasteiger partial charge in [0.2, 0.25) is 0 Å². The van der Waals surface area contributed by atoms with Gasteiger partial charge in [0.15, 0.2) is 0 Å². The highest BCUT2D eigenvalue weighted by molar-refractivity contribution is 4.89. The van der Waals surface area contributed by atoms with Crippen LogP contribution in [0.1, 0.15) is 65.7 Å². The van der Waals surface area contributed by atoms with Crippen LogP contribution in [0.25, 0.3) is 0 Å². The fourth-order valence-electron chi connectivity index (χ4n) is 3.79. The van der Waals surface area contributed by atoms with Gasteiger partial charge in [-0.15, -0.1) is 0 Å². The zero-order chi connectivity index (χ0) is 11.5.